The summed E-state index contributed by atoms with van der Waals surface area (Å²) in [5, 5.41) is 9.27. The van der Waals surface area contributed by atoms with Gasteiger partial charge in [-0.3, -0.25) is 4.79 Å². The molecule has 0 aliphatic carbocycles. The molecule has 0 aromatic carbocycles. The van der Waals surface area contributed by atoms with Crippen LogP contribution in [-0.2, 0) is 14.6 Å². The summed E-state index contributed by atoms with van der Waals surface area (Å²) in [5.41, 5.74) is -1.35. The molecule has 5 heteroatoms. The van der Waals surface area contributed by atoms with Crippen LogP contribution in [0.25, 0.3) is 0 Å². The zero-order chi connectivity index (χ0) is 11.4. The van der Waals surface area contributed by atoms with Gasteiger partial charge in [0.15, 0.2) is 5.78 Å². The molecule has 0 saturated heterocycles. The topological polar surface area (TPSA) is 71.4 Å². The van der Waals surface area contributed by atoms with E-state index in [0.29, 0.717) is 6.42 Å². The largest absolute Gasteiger partial charge is 0.383 e. The second-order valence-electron chi connectivity index (χ2n) is 3.82. The van der Waals surface area contributed by atoms with Crippen molar-refractivity contribution >= 4 is 15.6 Å². The van der Waals surface area contributed by atoms with Crippen molar-refractivity contribution < 1.29 is 18.3 Å². The van der Waals surface area contributed by atoms with Gasteiger partial charge >= 0.3 is 0 Å². The SMILES string of the molecule is CCS(=O)(=O)CCCC(=O)C(C)(C)O. The lowest BCUT2D eigenvalue weighted by molar-refractivity contribution is -0.134. The van der Waals surface area contributed by atoms with Crippen LogP contribution in [0.2, 0.25) is 0 Å². The van der Waals surface area contributed by atoms with Gasteiger partial charge in [0.2, 0.25) is 0 Å². The van der Waals surface area contributed by atoms with Crippen LogP contribution in [0.5, 0.6) is 0 Å². The van der Waals surface area contributed by atoms with Gasteiger partial charge in [0.25, 0.3) is 0 Å². The predicted octanol–water partition coefficient (Wildman–Crippen LogP) is 0.541. The molecule has 0 aliphatic heterocycles. The molecule has 0 aliphatic rings. The van der Waals surface area contributed by atoms with E-state index < -0.39 is 15.4 Å². The highest BCUT2D eigenvalue weighted by Gasteiger charge is 2.23. The van der Waals surface area contributed by atoms with E-state index in [9.17, 15) is 18.3 Å². The lowest BCUT2D eigenvalue weighted by Gasteiger charge is -2.14. The summed E-state index contributed by atoms with van der Waals surface area (Å²) in [6, 6.07) is 0. The third-order valence-corrected chi connectivity index (χ3v) is 3.77. The molecule has 0 unspecified atom stereocenters. The van der Waals surface area contributed by atoms with Crippen LogP contribution in [0, 0.1) is 0 Å². The second-order valence-corrected chi connectivity index (χ2v) is 6.29. The van der Waals surface area contributed by atoms with Crippen molar-refractivity contribution in [2.75, 3.05) is 11.5 Å². The van der Waals surface area contributed by atoms with Crippen molar-refractivity contribution in [1.29, 1.82) is 0 Å². The molecular formula is C9H18O4S. The van der Waals surface area contributed by atoms with Crippen molar-refractivity contribution in [3.05, 3.63) is 0 Å². The Labute approximate surface area is 85.2 Å². The molecule has 14 heavy (non-hydrogen) atoms. The molecule has 0 amide bonds. The summed E-state index contributed by atoms with van der Waals surface area (Å²) in [4.78, 5) is 11.2. The first kappa shape index (κ1) is 13.6. The fourth-order valence-corrected chi connectivity index (χ4v) is 1.78. The number of hydrogen-bond donors (Lipinski definition) is 1. The summed E-state index contributed by atoms with van der Waals surface area (Å²) in [6.45, 7) is 4.39. The van der Waals surface area contributed by atoms with Crippen LogP contribution in [-0.4, -0.2) is 36.4 Å². The van der Waals surface area contributed by atoms with Gasteiger partial charge in [-0.05, 0) is 20.3 Å². The quantitative estimate of drug-likeness (QED) is 0.712. The molecule has 0 aromatic rings. The van der Waals surface area contributed by atoms with E-state index in [0.717, 1.165) is 0 Å². The minimum Gasteiger partial charge on any atom is -0.383 e. The number of rotatable bonds is 6. The van der Waals surface area contributed by atoms with Crippen molar-refractivity contribution in [3.63, 3.8) is 0 Å². The van der Waals surface area contributed by atoms with E-state index in [4.69, 9.17) is 0 Å². The maximum absolute atomic E-state index is 11.2. The molecule has 0 spiro atoms. The van der Waals surface area contributed by atoms with Gasteiger partial charge in [-0.2, -0.15) is 0 Å². The van der Waals surface area contributed by atoms with Gasteiger partial charge in [0.05, 0.1) is 5.75 Å². The Kier molecular flexibility index (Phi) is 4.74. The smallest absolute Gasteiger partial charge is 0.163 e. The summed E-state index contributed by atoms with van der Waals surface area (Å²) in [6.07, 6.45) is 0.404. The number of aliphatic hydroxyl groups is 1. The standard InChI is InChI=1S/C9H18O4S/c1-4-14(12,13)7-5-6-8(10)9(2,3)11/h11H,4-7H2,1-3H3. The lowest BCUT2D eigenvalue weighted by Crippen LogP contribution is -2.31. The normalized spacial score (nSPS) is 12.9. The minimum absolute atomic E-state index is 0.0192. The Balaban J connectivity index is 3.94. The van der Waals surface area contributed by atoms with E-state index in [-0.39, 0.29) is 23.7 Å². The molecule has 0 bridgehead atoms. The van der Waals surface area contributed by atoms with Crippen molar-refractivity contribution in [3.8, 4) is 0 Å². The average molecular weight is 222 g/mol. The highest BCUT2D eigenvalue weighted by atomic mass is 32.2. The predicted molar refractivity (Wildman–Crippen MR) is 54.9 cm³/mol. The third kappa shape index (κ3) is 5.34. The lowest BCUT2D eigenvalue weighted by atomic mass is 10.0. The molecule has 0 saturated carbocycles. The van der Waals surface area contributed by atoms with Gasteiger partial charge in [-0.15, -0.1) is 0 Å². The molecule has 0 aromatic heterocycles. The first-order chi connectivity index (χ1) is 6.19. The minimum atomic E-state index is -2.99. The Morgan fingerprint density at radius 1 is 1.36 bits per heavy atom. The number of sulfone groups is 1. The fourth-order valence-electron chi connectivity index (χ4n) is 0.903. The van der Waals surface area contributed by atoms with Crippen LogP contribution in [0.15, 0.2) is 0 Å². The zero-order valence-electron chi connectivity index (χ0n) is 8.91. The number of Topliss-reactive ketones (excluding diaryl/α,β-unsaturated/α-hetero) is 1. The van der Waals surface area contributed by atoms with E-state index >= 15 is 0 Å². The molecule has 1 N–H and O–H groups in total. The zero-order valence-corrected chi connectivity index (χ0v) is 9.73. The fraction of sp³-hybridized carbons (Fsp3) is 0.889. The van der Waals surface area contributed by atoms with E-state index in [1.165, 1.54) is 13.8 Å². The molecule has 0 radical (unpaired) electrons. The molecular weight excluding hydrogens is 204 g/mol. The Bertz CT molecular complexity index is 284. The van der Waals surface area contributed by atoms with Crippen molar-refractivity contribution in [2.24, 2.45) is 0 Å². The van der Waals surface area contributed by atoms with Gasteiger partial charge < -0.3 is 5.11 Å². The van der Waals surface area contributed by atoms with Crippen LogP contribution < -0.4 is 0 Å². The number of ketones is 1. The van der Waals surface area contributed by atoms with Gasteiger partial charge in [0.1, 0.15) is 15.4 Å². The molecule has 0 fully saturated rings. The van der Waals surface area contributed by atoms with Gasteiger partial charge in [-0.1, -0.05) is 6.92 Å². The van der Waals surface area contributed by atoms with Crippen LogP contribution in [0.3, 0.4) is 0 Å². The monoisotopic (exact) mass is 222 g/mol. The number of carbonyl (C=O) groups excluding carboxylic acids is 1. The first-order valence-electron chi connectivity index (χ1n) is 4.65. The highest BCUT2D eigenvalue weighted by Crippen LogP contribution is 2.08. The molecule has 4 nitrogen and oxygen atoms in total. The second kappa shape index (κ2) is 4.89. The van der Waals surface area contributed by atoms with Crippen LogP contribution >= 0.6 is 0 Å². The van der Waals surface area contributed by atoms with E-state index in [2.05, 4.69) is 0 Å². The molecule has 0 atom stereocenters. The van der Waals surface area contributed by atoms with E-state index in [1.807, 2.05) is 0 Å². The average Bonchev–Trinajstić information content (AvgIpc) is 2.02. The number of carbonyl (C=O) groups is 1. The van der Waals surface area contributed by atoms with E-state index in [1.54, 1.807) is 6.92 Å². The van der Waals surface area contributed by atoms with Gasteiger partial charge in [0, 0.05) is 12.2 Å². The Hall–Kier alpha value is -0.420. The number of hydrogen-bond acceptors (Lipinski definition) is 4. The van der Waals surface area contributed by atoms with Crippen LogP contribution in [0.1, 0.15) is 33.6 Å². The highest BCUT2D eigenvalue weighted by molar-refractivity contribution is 7.91. The third-order valence-electron chi connectivity index (χ3n) is 1.98. The summed E-state index contributed by atoms with van der Waals surface area (Å²) < 4.78 is 22.1. The molecule has 0 rings (SSSR count). The summed E-state index contributed by atoms with van der Waals surface area (Å²) in [5.74, 6) is -0.196. The maximum Gasteiger partial charge on any atom is 0.163 e. The maximum atomic E-state index is 11.2. The Morgan fingerprint density at radius 2 is 1.86 bits per heavy atom. The first-order valence-corrected chi connectivity index (χ1v) is 6.47. The van der Waals surface area contributed by atoms with Crippen molar-refractivity contribution in [1.82, 2.24) is 0 Å². The van der Waals surface area contributed by atoms with Crippen LogP contribution in [0.4, 0.5) is 0 Å². The molecule has 84 valence electrons. The van der Waals surface area contributed by atoms with Crippen molar-refractivity contribution in [2.45, 2.75) is 39.2 Å². The summed E-state index contributed by atoms with van der Waals surface area (Å²) >= 11 is 0. The van der Waals surface area contributed by atoms with Gasteiger partial charge in [-0.25, -0.2) is 8.42 Å². The molecule has 0 heterocycles. The Morgan fingerprint density at radius 3 is 2.21 bits per heavy atom. The summed E-state index contributed by atoms with van der Waals surface area (Å²) in [7, 11) is -2.99.